The van der Waals surface area contributed by atoms with E-state index < -0.39 is 0 Å². The number of hydrogen-bond acceptors (Lipinski definition) is 3. The Balaban J connectivity index is 1.64. The second-order valence-corrected chi connectivity index (χ2v) is 5.61. The summed E-state index contributed by atoms with van der Waals surface area (Å²) in [5.74, 6) is 1.68. The summed E-state index contributed by atoms with van der Waals surface area (Å²) < 4.78 is 5.59. The number of ether oxygens (including phenoxy) is 1. The predicted octanol–water partition coefficient (Wildman–Crippen LogP) is 1.48. The van der Waals surface area contributed by atoms with Gasteiger partial charge in [-0.05, 0) is 24.9 Å². The van der Waals surface area contributed by atoms with Crippen LogP contribution in [0.15, 0.2) is 24.3 Å². The van der Waals surface area contributed by atoms with Crippen LogP contribution in [0.5, 0.6) is 5.75 Å². The van der Waals surface area contributed by atoms with Crippen LogP contribution in [0.25, 0.3) is 0 Å². The Hall–Kier alpha value is -1.55. The fourth-order valence-corrected chi connectivity index (χ4v) is 2.93. The summed E-state index contributed by atoms with van der Waals surface area (Å²) in [6.45, 7) is 4.52. The molecule has 0 bridgehead atoms. The van der Waals surface area contributed by atoms with Crippen molar-refractivity contribution in [3.05, 3.63) is 29.8 Å². The topological polar surface area (TPSA) is 50.4 Å². The summed E-state index contributed by atoms with van der Waals surface area (Å²) in [4.78, 5) is 12.3. The number of carbonyl (C=O) groups is 1. The quantitative estimate of drug-likeness (QED) is 0.847. The van der Waals surface area contributed by atoms with Crippen molar-refractivity contribution in [2.45, 2.75) is 19.4 Å². The summed E-state index contributed by atoms with van der Waals surface area (Å²) in [5.41, 5.74) is 1.09. The van der Waals surface area contributed by atoms with E-state index in [1.807, 2.05) is 24.3 Å². The molecule has 1 fully saturated rings. The average molecular weight is 260 g/mol. The number of piperidine rings is 1. The molecule has 3 atom stereocenters. The Kier molecular flexibility index (Phi) is 3.42. The van der Waals surface area contributed by atoms with Gasteiger partial charge in [-0.2, -0.15) is 0 Å². The average Bonchev–Trinajstić information content (AvgIpc) is 2.82. The zero-order valence-corrected chi connectivity index (χ0v) is 11.2. The zero-order valence-electron chi connectivity index (χ0n) is 11.2. The lowest BCUT2D eigenvalue weighted by molar-refractivity contribution is -0.126. The molecule has 1 amide bonds. The van der Waals surface area contributed by atoms with Gasteiger partial charge < -0.3 is 15.4 Å². The molecule has 0 aliphatic carbocycles. The van der Waals surface area contributed by atoms with Gasteiger partial charge >= 0.3 is 0 Å². The van der Waals surface area contributed by atoms with E-state index in [4.69, 9.17) is 4.74 Å². The Morgan fingerprint density at radius 2 is 2.21 bits per heavy atom. The maximum atomic E-state index is 12.3. The number of amides is 1. The highest BCUT2D eigenvalue weighted by Gasteiger charge is 2.30. The summed E-state index contributed by atoms with van der Waals surface area (Å²) in [6, 6.07) is 7.91. The van der Waals surface area contributed by atoms with Gasteiger partial charge in [-0.3, -0.25) is 4.79 Å². The molecule has 3 rings (SSSR count). The molecule has 1 aromatic carbocycles. The number of nitrogens with one attached hydrogen (secondary N) is 2. The number of para-hydroxylation sites is 1. The summed E-state index contributed by atoms with van der Waals surface area (Å²) in [5, 5.41) is 6.44. The molecule has 0 saturated carbocycles. The lowest BCUT2D eigenvalue weighted by Crippen LogP contribution is -2.44. The molecule has 1 aromatic rings. The lowest BCUT2D eigenvalue weighted by Gasteiger charge is -2.27. The van der Waals surface area contributed by atoms with Gasteiger partial charge in [0, 0.05) is 12.1 Å². The molecule has 2 heterocycles. The molecule has 1 saturated heterocycles. The number of carbonyl (C=O) groups excluding carboxylic acids is 1. The molecule has 0 spiro atoms. The molecule has 0 aromatic heterocycles. The van der Waals surface area contributed by atoms with E-state index in [2.05, 4.69) is 17.6 Å². The second-order valence-electron chi connectivity index (χ2n) is 5.61. The van der Waals surface area contributed by atoms with Crippen LogP contribution < -0.4 is 15.4 Å². The Labute approximate surface area is 113 Å². The standard InChI is InChI=1S/C15H20N2O2/c1-10-6-11(8-16-7-10)15(18)17-13-9-19-14-5-3-2-4-12(13)14/h2-5,10-11,13,16H,6-9H2,1H3,(H,17,18). The van der Waals surface area contributed by atoms with Crippen LogP contribution in [0.4, 0.5) is 0 Å². The molecule has 2 N–H and O–H groups in total. The first-order valence-electron chi connectivity index (χ1n) is 6.97. The van der Waals surface area contributed by atoms with Crippen LogP contribution in [0.1, 0.15) is 24.9 Å². The number of benzene rings is 1. The maximum Gasteiger partial charge on any atom is 0.225 e. The number of fused-ring (bicyclic) bond motifs is 1. The third kappa shape index (κ3) is 2.59. The highest BCUT2D eigenvalue weighted by atomic mass is 16.5. The molecular formula is C15H20N2O2. The van der Waals surface area contributed by atoms with E-state index in [0.29, 0.717) is 12.5 Å². The van der Waals surface area contributed by atoms with Crippen molar-refractivity contribution < 1.29 is 9.53 Å². The number of rotatable bonds is 2. The smallest absolute Gasteiger partial charge is 0.225 e. The zero-order chi connectivity index (χ0) is 13.2. The minimum Gasteiger partial charge on any atom is -0.491 e. The monoisotopic (exact) mass is 260 g/mol. The van der Waals surface area contributed by atoms with Gasteiger partial charge in [-0.1, -0.05) is 25.1 Å². The van der Waals surface area contributed by atoms with Gasteiger partial charge in [0.15, 0.2) is 0 Å². The first-order chi connectivity index (χ1) is 9.24. The van der Waals surface area contributed by atoms with Gasteiger partial charge in [0.1, 0.15) is 12.4 Å². The molecule has 3 unspecified atom stereocenters. The molecule has 4 heteroatoms. The van der Waals surface area contributed by atoms with Crippen molar-refractivity contribution in [1.82, 2.24) is 10.6 Å². The van der Waals surface area contributed by atoms with Crippen LogP contribution in [0, 0.1) is 11.8 Å². The largest absolute Gasteiger partial charge is 0.491 e. The molecule has 2 aliphatic rings. The van der Waals surface area contributed by atoms with Crippen LogP contribution in [0.3, 0.4) is 0 Å². The van der Waals surface area contributed by atoms with E-state index in [-0.39, 0.29) is 17.9 Å². The Morgan fingerprint density at radius 3 is 3.05 bits per heavy atom. The normalized spacial score (nSPS) is 29.4. The van der Waals surface area contributed by atoms with E-state index in [1.165, 1.54) is 0 Å². The van der Waals surface area contributed by atoms with Crippen molar-refractivity contribution >= 4 is 5.91 Å². The minimum atomic E-state index is 0.000864. The highest BCUT2D eigenvalue weighted by Crippen LogP contribution is 2.32. The predicted molar refractivity (Wildman–Crippen MR) is 73.0 cm³/mol. The summed E-state index contributed by atoms with van der Waals surface area (Å²) >= 11 is 0. The molecular weight excluding hydrogens is 240 g/mol. The second kappa shape index (κ2) is 5.21. The lowest BCUT2D eigenvalue weighted by atomic mass is 9.91. The third-order valence-corrected chi connectivity index (χ3v) is 3.96. The first kappa shape index (κ1) is 12.5. The van der Waals surface area contributed by atoms with E-state index in [9.17, 15) is 4.79 Å². The van der Waals surface area contributed by atoms with E-state index in [1.54, 1.807) is 0 Å². The van der Waals surface area contributed by atoms with Crippen LogP contribution >= 0.6 is 0 Å². The van der Waals surface area contributed by atoms with Crippen molar-refractivity contribution in [2.75, 3.05) is 19.7 Å². The summed E-state index contributed by atoms with van der Waals surface area (Å²) in [7, 11) is 0. The molecule has 4 nitrogen and oxygen atoms in total. The first-order valence-corrected chi connectivity index (χ1v) is 6.97. The highest BCUT2D eigenvalue weighted by molar-refractivity contribution is 5.79. The summed E-state index contributed by atoms with van der Waals surface area (Å²) in [6.07, 6.45) is 0.966. The van der Waals surface area contributed by atoms with Gasteiger partial charge in [-0.25, -0.2) is 0 Å². The molecule has 19 heavy (non-hydrogen) atoms. The van der Waals surface area contributed by atoms with Crippen molar-refractivity contribution in [3.8, 4) is 5.75 Å². The Morgan fingerprint density at radius 1 is 1.37 bits per heavy atom. The van der Waals surface area contributed by atoms with Crippen LogP contribution in [-0.4, -0.2) is 25.6 Å². The third-order valence-electron chi connectivity index (χ3n) is 3.96. The van der Waals surface area contributed by atoms with E-state index >= 15 is 0 Å². The molecule has 2 aliphatic heterocycles. The molecule has 102 valence electrons. The SMILES string of the molecule is CC1CNCC(C(=O)NC2COc3ccccc32)C1. The van der Waals surface area contributed by atoms with Crippen molar-refractivity contribution in [1.29, 1.82) is 0 Å². The van der Waals surface area contributed by atoms with Gasteiger partial charge in [-0.15, -0.1) is 0 Å². The number of hydrogen-bond donors (Lipinski definition) is 2. The van der Waals surface area contributed by atoms with Crippen LogP contribution in [-0.2, 0) is 4.79 Å². The van der Waals surface area contributed by atoms with Crippen molar-refractivity contribution in [3.63, 3.8) is 0 Å². The fraction of sp³-hybridized carbons (Fsp3) is 0.533. The fourth-order valence-electron chi connectivity index (χ4n) is 2.93. The van der Waals surface area contributed by atoms with Crippen LogP contribution in [0.2, 0.25) is 0 Å². The minimum absolute atomic E-state index is 0.000864. The van der Waals surface area contributed by atoms with Gasteiger partial charge in [0.2, 0.25) is 5.91 Å². The van der Waals surface area contributed by atoms with Gasteiger partial charge in [0.05, 0.1) is 12.0 Å². The van der Waals surface area contributed by atoms with Crippen molar-refractivity contribution in [2.24, 2.45) is 11.8 Å². The Bertz CT molecular complexity index is 475. The van der Waals surface area contributed by atoms with E-state index in [0.717, 1.165) is 30.8 Å². The maximum absolute atomic E-state index is 12.3. The van der Waals surface area contributed by atoms with Gasteiger partial charge in [0.25, 0.3) is 0 Å². The molecule has 0 radical (unpaired) electrons.